The maximum absolute atomic E-state index is 12.4. The molecule has 4 nitrogen and oxygen atoms in total. The van der Waals surface area contributed by atoms with Gasteiger partial charge in [-0.05, 0) is 38.8 Å². The Kier molecular flexibility index (Phi) is 5.65. The van der Waals surface area contributed by atoms with Crippen LogP contribution >= 0.6 is 0 Å². The number of sulfonamides is 1. The molecule has 1 saturated carbocycles. The fourth-order valence-corrected chi connectivity index (χ4v) is 4.26. The van der Waals surface area contributed by atoms with E-state index in [4.69, 9.17) is 0 Å². The van der Waals surface area contributed by atoms with E-state index >= 15 is 0 Å². The van der Waals surface area contributed by atoms with E-state index < -0.39 is 10.0 Å². The van der Waals surface area contributed by atoms with Crippen LogP contribution in [0.25, 0.3) is 0 Å². The van der Waals surface area contributed by atoms with Gasteiger partial charge in [0.15, 0.2) is 0 Å². The van der Waals surface area contributed by atoms with Crippen molar-refractivity contribution in [1.82, 2.24) is 4.72 Å². The molecule has 1 fully saturated rings. The molecule has 0 bridgehead atoms. The van der Waals surface area contributed by atoms with Crippen LogP contribution in [0.5, 0.6) is 0 Å². The highest BCUT2D eigenvalue weighted by molar-refractivity contribution is 7.89. The van der Waals surface area contributed by atoms with Crippen LogP contribution in [-0.4, -0.2) is 20.5 Å². The van der Waals surface area contributed by atoms with Crippen molar-refractivity contribution in [1.29, 1.82) is 0 Å². The topological polar surface area (TPSA) is 58.2 Å². The molecular formula is C16H26N2O2S. The summed E-state index contributed by atoms with van der Waals surface area (Å²) in [6.07, 6.45) is 7.24. The second-order valence-electron chi connectivity index (χ2n) is 6.10. The summed E-state index contributed by atoms with van der Waals surface area (Å²) in [5.74, 6) is 0. The first kappa shape index (κ1) is 16.3. The molecule has 0 saturated heterocycles. The van der Waals surface area contributed by atoms with Crippen LogP contribution in [-0.2, 0) is 10.0 Å². The highest BCUT2D eigenvalue weighted by atomic mass is 32.2. The van der Waals surface area contributed by atoms with Crippen molar-refractivity contribution < 1.29 is 8.42 Å². The molecule has 2 rings (SSSR count). The van der Waals surface area contributed by atoms with Crippen LogP contribution in [0.4, 0.5) is 5.69 Å². The van der Waals surface area contributed by atoms with Gasteiger partial charge in [0.2, 0.25) is 10.0 Å². The minimum absolute atomic E-state index is 0.110. The van der Waals surface area contributed by atoms with Gasteiger partial charge in [-0.3, -0.25) is 0 Å². The molecule has 0 spiro atoms. The Hall–Kier alpha value is -1.07. The summed E-state index contributed by atoms with van der Waals surface area (Å²) in [6, 6.07) is 7.45. The van der Waals surface area contributed by atoms with Crippen molar-refractivity contribution in [3.05, 3.63) is 24.3 Å². The zero-order chi connectivity index (χ0) is 15.3. The quantitative estimate of drug-likeness (QED) is 0.818. The van der Waals surface area contributed by atoms with E-state index in [2.05, 4.69) is 10.0 Å². The van der Waals surface area contributed by atoms with E-state index in [-0.39, 0.29) is 6.04 Å². The lowest BCUT2D eigenvalue weighted by Crippen LogP contribution is -2.31. The van der Waals surface area contributed by atoms with Crippen LogP contribution in [0, 0.1) is 0 Å². The Morgan fingerprint density at radius 2 is 1.67 bits per heavy atom. The van der Waals surface area contributed by atoms with Crippen molar-refractivity contribution in [3.8, 4) is 0 Å². The Morgan fingerprint density at radius 1 is 1.05 bits per heavy atom. The summed E-state index contributed by atoms with van der Waals surface area (Å²) in [4.78, 5) is 0.350. The molecule has 0 unspecified atom stereocenters. The maximum Gasteiger partial charge on any atom is 0.242 e. The second kappa shape index (κ2) is 7.27. The molecule has 1 aliphatic carbocycles. The van der Waals surface area contributed by atoms with Gasteiger partial charge in [-0.15, -0.1) is 0 Å². The molecule has 21 heavy (non-hydrogen) atoms. The summed E-state index contributed by atoms with van der Waals surface area (Å²) in [7, 11) is -3.46. The van der Waals surface area contributed by atoms with E-state index in [1.807, 2.05) is 26.0 Å². The lowest BCUT2D eigenvalue weighted by atomic mass is 10.1. The van der Waals surface area contributed by atoms with Crippen molar-refractivity contribution >= 4 is 15.7 Å². The van der Waals surface area contributed by atoms with Gasteiger partial charge in [-0.1, -0.05) is 37.8 Å². The summed E-state index contributed by atoms with van der Waals surface area (Å²) >= 11 is 0. The van der Waals surface area contributed by atoms with Crippen molar-refractivity contribution in [2.45, 2.75) is 69.4 Å². The van der Waals surface area contributed by atoms with Gasteiger partial charge in [0.05, 0.1) is 5.69 Å². The molecule has 0 radical (unpaired) electrons. The third-order valence-electron chi connectivity index (χ3n) is 3.78. The van der Waals surface area contributed by atoms with Crippen LogP contribution in [0.2, 0.25) is 0 Å². The minimum Gasteiger partial charge on any atom is -0.381 e. The molecule has 1 aromatic carbocycles. The minimum atomic E-state index is -3.46. The first-order chi connectivity index (χ1) is 9.99. The molecule has 0 atom stereocenters. The summed E-state index contributed by atoms with van der Waals surface area (Å²) < 4.78 is 27.5. The van der Waals surface area contributed by atoms with Crippen molar-refractivity contribution in [2.24, 2.45) is 0 Å². The number of benzene rings is 1. The standard InChI is InChI=1S/C16H26N2O2S/c1-13(2)18-21(19,20)16-12-8-7-11-15(16)17-14-9-5-3-4-6-10-14/h7-8,11-14,17-18H,3-6,9-10H2,1-2H3. The van der Waals surface area contributed by atoms with Crippen LogP contribution in [0.1, 0.15) is 52.4 Å². The average Bonchev–Trinajstić information content (AvgIpc) is 2.66. The van der Waals surface area contributed by atoms with E-state index in [0.29, 0.717) is 10.9 Å². The smallest absolute Gasteiger partial charge is 0.242 e. The fraction of sp³-hybridized carbons (Fsp3) is 0.625. The summed E-state index contributed by atoms with van der Waals surface area (Å²) in [5, 5.41) is 3.45. The average molecular weight is 310 g/mol. The maximum atomic E-state index is 12.4. The molecule has 0 aliphatic heterocycles. The van der Waals surface area contributed by atoms with Gasteiger partial charge in [0.25, 0.3) is 0 Å². The number of para-hydroxylation sites is 1. The predicted molar refractivity (Wildman–Crippen MR) is 87.0 cm³/mol. The zero-order valence-corrected chi connectivity index (χ0v) is 13.7. The van der Waals surface area contributed by atoms with Gasteiger partial charge >= 0.3 is 0 Å². The van der Waals surface area contributed by atoms with Gasteiger partial charge in [0.1, 0.15) is 4.90 Å². The molecule has 0 heterocycles. The predicted octanol–water partition coefficient (Wildman–Crippen LogP) is 3.51. The Balaban J connectivity index is 2.20. The van der Waals surface area contributed by atoms with Gasteiger partial charge in [-0.2, -0.15) is 0 Å². The first-order valence-corrected chi connectivity index (χ1v) is 9.35. The third kappa shape index (κ3) is 4.71. The Morgan fingerprint density at radius 3 is 2.29 bits per heavy atom. The molecule has 5 heteroatoms. The molecule has 1 aliphatic rings. The highest BCUT2D eigenvalue weighted by Gasteiger charge is 2.21. The number of rotatable bonds is 5. The molecule has 1 aromatic rings. The molecule has 2 N–H and O–H groups in total. The lowest BCUT2D eigenvalue weighted by molar-refractivity contribution is 0.569. The number of anilines is 1. The third-order valence-corrected chi connectivity index (χ3v) is 5.50. The van der Waals surface area contributed by atoms with Gasteiger partial charge < -0.3 is 5.32 Å². The Labute approximate surface area is 128 Å². The van der Waals surface area contributed by atoms with Crippen LogP contribution in [0.15, 0.2) is 29.2 Å². The highest BCUT2D eigenvalue weighted by Crippen LogP contribution is 2.26. The van der Waals surface area contributed by atoms with Gasteiger partial charge in [0, 0.05) is 12.1 Å². The van der Waals surface area contributed by atoms with Crippen molar-refractivity contribution in [3.63, 3.8) is 0 Å². The van der Waals surface area contributed by atoms with Crippen LogP contribution in [0.3, 0.4) is 0 Å². The number of hydrogen-bond acceptors (Lipinski definition) is 3. The lowest BCUT2D eigenvalue weighted by Gasteiger charge is -2.20. The van der Waals surface area contributed by atoms with Gasteiger partial charge in [-0.25, -0.2) is 13.1 Å². The fourth-order valence-electron chi connectivity index (χ4n) is 2.84. The zero-order valence-electron chi connectivity index (χ0n) is 12.9. The SMILES string of the molecule is CC(C)NS(=O)(=O)c1ccccc1NC1CCCCCC1. The molecule has 0 aromatic heterocycles. The number of hydrogen-bond donors (Lipinski definition) is 2. The monoisotopic (exact) mass is 310 g/mol. The van der Waals surface area contributed by atoms with Crippen molar-refractivity contribution in [2.75, 3.05) is 5.32 Å². The molecular weight excluding hydrogens is 284 g/mol. The largest absolute Gasteiger partial charge is 0.381 e. The first-order valence-electron chi connectivity index (χ1n) is 7.87. The van der Waals surface area contributed by atoms with E-state index in [1.165, 1.54) is 25.7 Å². The van der Waals surface area contributed by atoms with E-state index in [9.17, 15) is 8.42 Å². The number of nitrogens with one attached hydrogen (secondary N) is 2. The molecule has 118 valence electrons. The normalized spacial score (nSPS) is 17.7. The van der Waals surface area contributed by atoms with Crippen LogP contribution < -0.4 is 10.0 Å². The summed E-state index contributed by atoms with van der Waals surface area (Å²) in [6.45, 7) is 3.66. The molecule has 0 amide bonds. The second-order valence-corrected chi connectivity index (χ2v) is 7.79. The Bertz CT molecular complexity index is 547. The van der Waals surface area contributed by atoms with E-state index in [1.54, 1.807) is 12.1 Å². The van der Waals surface area contributed by atoms with E-state index in [0.717, 1.165) is 18.5 Å². The summed E-state index contributed by atoms with van der Waals surface area (Å²) in [5.41, 5.74) is 0.720.